The number of carbonyl (C=O) groups excluding carboxylic acids is 1. The summed E-state index contributed by atoms with van der Waals surface area (Å²) in [5.74, 6) is -0.250. The molecule has 3 aromatic rings. The van der Waals surface area contributed by atoms with E-state index >= 15 is 0 Å². The highest BCUT2D eigenvalue weighted by atomic mass is 79.9. The molecule has 1 unspecified atom stereocenters. The van der Waals surface area contributed by atoms with Crippen LogP contribution in [0.5, 0.6) is 0 Å². The molecule has 126 valence electrons. The van der Waals surface area contributed by atoms with E-state index in [-0.39, 0.29) is 24.1 Å². The highest BCUT2D eigenvalue weighted by Gasteiger charge is 2.17. The SMILES string of the molecule is O=C(CC(Nc1ccc(Br)cc1)c1ccc(F)cc1)c1ccccc1. The maximum absolute atomic E-state index is 13.3. The molecule has 1 atom stereocenters. The summed E-state index contributed by atoms with van der Waals surface area (Å²) in [6.07, 6.45) is 0.283. The van der Waals surface area contributed by atoms with Crippen molar-refractivity contribution in [3.63, 3.8) is 0 Å². The minimum absolute atomic E-state index is 0.0412. The summed E-state index contributed by atoms with van der Waals surface area (Å²) in [6.45, 7) is 0. The molecule has 0 aromatic heterocycles. The van der Waals surface area contributed by atoms with Crippen LogP contribution >= 0.6 is 15.9 Å². The van der Waals surface area contributed by atoms with Crippen LogP contribution in [0.4, 0.5) is 10.1 Å². The third-order valence-corrected chi connectivity index (χ3v) is 4.47. The average molecular weight is 398 g/mol. The normalized spacial score (nSPS) is 11.8. The number of hydrogen-bond acceptors (Lipinski definition) is 2. The minimum atomic E-state index is -0.291. The van der Waals surface area contributed by atoms with Gasteiger partial charge in [0.15, 0.2) is 5.78 Å². The van der Waals surface area contributed by atoms with Crippen LogP contribution in [0.3, 0.4) is 0 Å². The minimum Gasteiger partial charge on any atom is -0.378 e. The molecule has 0 fully saturated rings. The Kier molecular flexibility index (Phi) is 5.61. The molecular formula is C21H17BrFNO. The van der Waals surface area contributed by atoms with Crippen LogP contribution in [0.1, 0.15) is 28.4 Å². The first-order valence-electron chi connectivity index (χ1n) is 7.97. The molecule has 25 heavy (non-hydrogen) atoms. The fourth-order valence-corrected chi connectivity index (χ4v) is 2.89. The number of benzene rings is 3. The van der Waals surface area contributed by atoms with Crippen LogP contribution in [0.2, 0.25) is 0 Å². The van der Waals surface area contributed by atoms with E-state index in [1.54, 1.807) is 12.1 Å². The van der Waals surface area contributed by atoms with Gasteiger partial charge in [0.1, 0.15) is 5.82 Å². The Morgan fingerprint density at radius 1 is 0.920 bits per heavy atom. The van der Waals surface area contributed by atoms with Crippen molar-refractivity contribution >= 4 is 27.4 Å². The standard InChI is InChI=1S/C21H17BrFNO/c22-17-8-12-19(13-9-17)24-20(15-6-10-18(23)11-7-15)14-21(25)16-4-2-1-3-5-16/h1-13,20,24H,14H2. The van der Waals surface area contributed by atoms with E-state index in [0.717, 1.165) is 15.7 Å². The van der Waals surface area contributed by atoms with Gasteiger partial charge in [-0.25, -0.2) is 4.39 Å². The largest absolute Gasteiger partial charge is 0.378 e. The zero-order valence-electron chi connectivity index (χ0n) is 13.5. The van der Waals surface area contributed by atoms with Gasteiger partial charge in [0.2, 0.25) is 0 Å². The Balaban J connectivity index is 1.84. The molecule has 0 aliphatic rings. The second kappa shape index (κ2) is 8.08. The zero-order valence-corrected chi connectivity index (χ0v) is 15.0. The number of halogens is 2. The van der Waals surface area contributed by atoms with E-state index in [2.05, 4.69) is 21.2 Å². The molecule has 0 aliphatic heterocycles. The van der Waals surface area contributed by atoms with Gasteiger partial charge in [0, 0.05) is 22.1 Å². The molecule has 0 radical (unpaired) electrons. The smallest absolute Gasteiger partial charge is 0.165 e. The van der Waals surface area contributed by atoms with Crippen LogP contribution in [-0.4, -0.2) is 5.78 Å². The number of carbonyl (C=O) groups is 1. The van der Waals surface area contributed by atoms with E-state index in [0.29, 0.717) is 5.56 Å². The Labute approximate surface area is 154 Å². The molecular weight excluding hydrogens is 381 g/mol. The highest BCUT2D eigenvalue weighted by molar-refractivity contribution is 9.10. The number of Topliss-reactive ketones (excluding diaryl/α,β-unsaturated/α-hetero) is 1. The van der Waals surface area contributed by atoms with E-state index < -0.39 is 0 Å². The third-order valence-electron chi connectivity index (χ3n) is 3.94. The third kappa shape index (κ3) is 4.77. The molecule has 3 rings (SSSR count). The summed E-state index contributed by atoms with van der Waals surface area (Å²) < 4.78 is 14.2. The van der Waals surface area contributed by atoms with Crippen LogP contribution in [0.15, 0.2) is 83.3 Å². The summed E-state index contributed by atoms with van der Waals surface area (Å²) in [5, 5.41) is 3.38. The van der Waals surface area contributed by atoms with Crippen molar-refractivity contribution in [3.8, 4) is 0 Å². The fraction of sp³-hybridized carbons (Fsp3) is 0.0952. The van der Waals surface area contributed by atoms with Crippen LogP contribution in [0.25, 0.3) is 0 Å². The maximum Gasteiger partial charge on any atom is 0.165 e. The lowest BCUT2D eigenvalue weighted by molar-refractivity contribution is 0.0976. The van der Waals surface area contributed by atoms with Gasteiger partial charge >= 0.3 is 0 Å². The molecule has 0 saturated heterocycles. The van der Waals surface area contributed by atoms with E-state index in [9.17, 15) is 9.18 Å². The Morgan fingerprint density at radius 3 is 2.20 bits per heavy atom. The van der Waals surface area contributed by atoms with Crippen LogP contribution < -0.4 is 5.32 Å². The van der Waals surface area contributed by atoms with Gasteiger partial charge in [0.25, 0.3) is 0 Å². The van der Waals surface area contributed by atoms with Gasteiger partial charge in [0.05, 0.1) is 6.04 Å². The summed E-state index contributed by atoms with van der Waals surface area (Å²) >= 11 is 3.41. The molecule has 4 heteroatoms. The first kappa shape index (κ1) is 17.4. The first-order chi connectivity index (χ1) is 12.1. The quantitative estimate of drug-likeness (QED) is 0.515. The van der Waals surface area contributed by atoms with Gasteiger partial charge in [-0.2, -0.15) is 0 Å². The Morgan fingerprint density at radius 2 is 1.56 bits per heavy atom. The number of rotatable bonds is 6. The Hall–Kier alpha value is -2.46. The summed E-state index contributed by atoms with van der Waals surface area (Å²) in [7, 11) is 0. The fourth-order valence-electron chi connectivity index (χ4n) is 2.62. The zero-order chi connectivity index (χ0) is 17.6. The van der Waals surface area contributed by atoms with E-state index in [1.807, 2.05) is 54.6 Å². The molecule has 0 spiro atoms. The lowest BCUT2D eigenvalue weighted by atomic mass is 9.97. The predicted octanol–water partition coefficient (Wildman–Crippen LogP) is 6.01. The van der Waals surface area contributed by atoms with Crippen molar-refractivity contribution < 1.29 is 9.18 Å². The Bertz CT molecular complexity index is 832. The van der Waals surface area contributed by atoms with E-state index in [4.69, 9.17) is 0 Å². The molecule has 0 saturated carbocycles. The number of ketones is 1. The number of nitrogens with one attached hydrogen (secondary N) is 1. The molecule has 3 aromatic carbocycles. The van der Waals surface area contributed by atoms with Crippen molar-refractivity contribution in [1.82, 2.24) is 0 Å². The van der Waals surface area contributed by atoms with Gasteiger partial charge in [-0.15, -0.1) is 0 Å². The van der Waals surface area contributed by atoms with Crippen molar-refractivity contribution in [1.29, 1.82) is 0 Å². The number of anilines is 1. The average Bonchev–Trinajstić information content (AvgIpc) is 2.64. The summed E-state index contributed by atoms with van der Waals surface area (Å²) in [4.78, 5) is 12.6. The van der Waals surface area contributed by atoms with Crippen LogP contribution in [-0.2, 0) is 0 Å². The molecule has 2 nitrogen and oxygen atoms in total. The van der Waals surface area contributed by atoms with Gasteiger partial charge in [-0.05, 0) is 42.0 Å². The molecule has 0 heterocycles. The monoisotopic (exact) mass is 397 g/mol. The predicted molar refractivity (Wildman–Crippen MR) is 102 cm³/mol. The molecule has 0 amide bonds. The highest BCUT2D eigenvalue weighted by Crippen LogP contribution is 2.25. The van der Waals surface area contributed by atoms with Gasteiger partial charge < -0.3 is 5.32 Å². The summed E-state index contributed by atoms with van der Waals surface area (Å²) in [5.41, 5.74) is 2.44. The molecule has 0 aliphatic carbocycles. The van der Waals surface area contributed by atoms with Crippen molar-refractivity contribution in [2.45, 2.75) is 12.5 Å². The lowest BCUT2D eigenvalue weighted by Crippen LogP contribution is -2.16. The van der Waals surface area contributed by atoms with Gasteiger partial charge in [-0.1, -0.05) is 58.4 Å². The summed E-state index contributed by atoms with van der Waals surface area (Å²) in [6, 6.07) is 23.0. The number of hydrogen-bond donors (Lipinski definition) is 1. The van der Waals surface area contributed by atoms with Gasteiger partial charge in [-0.3, -0.25) is 4.79 Å². The first-order valence-corrected chi connectivity index (χ1v) is 8.77. The van der Waals surface area contributed by atoms with Crippen molar-refractivity contribution in [3.05, 3.63) is 100 Å². The second-order valence-electron chi connectivity index (χ2n) is 5.75. The van der Waals surface area contributed by atoms with Crippen molar-refractivity contribution in [2.75, 3.05) is 5.32 Å². The second-order valence-corrected chi connectivity index (χ2v) is 6.66. The molecule has 0 bridgehead atoms. The molecule has 1 N–H and O–H groups in total. The maximum atomic E-state index is 13.3. The van der Waals surface area contributed by atoms with Crippen molar-refractivity contribution in [2.24, 2.45) is 0 Å². The topological polar surface area (TPSA) is 29.1 Å². The van der Waals surface area contributed by atoms with E-state index in [1.165, 1.54) is 12.1 Å². The van der Waals surface area contributed by atoms with Crippen LogP contribution in [0, 0.1) is 5.82 Å². The lowest BCUT2D eigenvalue weighted by Gasteiger charge is -2.20.